The second kappa shape index (κ2) is 11.7. The minimum Gasteiger partial charge on any atom is -0.377 e. The van der Waals surface area contributed by atoms with Crippen LogP contribution in [0.25, 0.3) is 0 Å². The van der Waals surface area contributed by atoms with Crippen molar-refractivity contribution in [3.8, 4) is 0 Å². The molecule has 0 rings (SSSR count). The van der Waals surface area contributed by atoms with Gasteiger partial charge < -0.3 is 10.5 Å². The van der Waals surface area contributed by atoms with E-state index < -0.39 is 0 Å². The molecule has 0 amide bonds. The molecule has 10 heavy (non-hydrogen) atoms. The van der Waals surface area contributed by atoms with Gasteiger partial charge in [0.25, 0.3) is 0 Å². The average Bonchev–Trinajstić information content (AvgIpc) is 2.04. The molecule has 0 radical (unpaired) electrons. The summed E-state index contributed by atoms with van der Waals surface area (Å²) in [5.41, 5.74) is 5.34. The lowest BCUT2D eigenvalue weighted by molar-refractivity contribution is 0.0666. The molecular formula is C8H21NO. The molecule has 0 saturated heterocycles. The summed E-state index contributed by atoms with van der Waals surface area (Å²) in [6, 6.07) is 0. The van der Waals surface area contributed by atoms with Crippen LogP contribution in [0.2, 0.25) is 0 Å². The summed E-state index contributed by atoms with van der Waals surface area (Å²) in [5.74, 6) is 0. The highest BCUT2D eigenvalue weighted by Gasteiger charge is 1.98. The summed E-state index contributed by atoms with van der Waals surface area (Å²) in [6.45, 7) is 9.48. The van der Waals surface area contributed by atoms with Crippen molar-refractivity contribution in [3.63, 3.8) is 0 Å². The SMILES string of the molecule is CC.CCOC(CC)CN. The molecule has 0 aromatic carbocycles. The highest BCUT2D eigenvalue weighted by Crippen LogP contribution is 1.92. The molecule has 64 valence electrons. The van der Waals surface area contributed by atoms with Crippen LogP contribution in [0, 0.1) is 0 Å². The first-order chi connectivity index (χ1) is 4.85. The fourth-order valence-corrected chi connectivity index (χ4v) is 0.588. The van der Waals surface area contributed by atoms with Gasteiger partial charge >= 0.3 is 0 Å². The first kappa shape index (κ1) is 12.6. The van der Waals surface area contributed by atoms with Crippen LogP contribution in [-0.4, -0.2) is 19.3 Å². The van der Waals surface area contributed by atoms with E-state index in [4.69, 9.17) is 10.5 Å². The third-order valence-corrected chi connectivity index (χ3v) is 1.12. The molecule has 1 unspecified atom stereocenters. The van der Waals surface area contributed by atoms with E-state index in [9.17, 15) is 0 Å². The molecular weight excluding hydrogens is 126 g/mol. The molecule has 0 saturated carbocycles. The van der Waals surface area contributed by atoms with Crippen molar-refractivity contribution in [3.05, 3.63) is 0 Å². The zero-order valence-electron chi connectivity index (χ0n) is 7.68. The Hall–Kier alpha value is -0.0800. The Kier molecular flexibility index (Phi) is 14.7. The molecule has 0 heterocycles. The zero-order valence-corrected chi connectivity index (χ0v) is 7.68. The summed E-state index contributed by atoms with van der Waals surface area (Å²) in [5, 5.41) is 0. The largest absolute Gasteiger partial charge is 0.377 e. The van der Waals surface area contributed by atoms with Crippen molar-refractivity contribution in [2.45, 2.75) is 40.2 Å². The van der Waals surface area contributed by atoms with Crippen LogP contribution in [0.4, 0.5) is 0 Å². The van der Waals surface area contributed by atoms with Crippen molar-refractivity contribution in [2.75, 3.05) is 13.2 Å². The van der Waals surface area contributed by atoms with E-state index in [1.165, 1.54) is 0 Å². The lowest BCUT2D eigenvalue weighted by atomic mass is 10.3. The van der Waals surface area contributed by atoms with Gasteiger partial charge in [-0.3, -0.25) is 0 Å². The Morgan fingerprint density at radius 1 is 1.30 bits per heavy atom. The van der Waals surface area contributed by atoms with Crippen molar-refractivity contribution >= 4 is 0 Å². The highest BCUT2D eigenvalue weighted by atomic mass is 16.5. The second-order valence-corrected chi connectivity index (χ2v) is 1.72. The number of rotatable bonds is 4. The molecule has 0 fully saturated rings. The first-order valence-corrected chi connectivity index (χ1v) is 4.16. The lowest BCUT2D eigenvalue weighted by Crippen LogP contribution is -2.22. The number of ether oxygens (including phenoxy) is 1. The Morgan fingerprint density at radius 2 is 1.80 bits per heavy atom. The molecule has 1 atom stereocenters. The molecule has 0 bridgehead atoms. The van der Waals surface area contributed by atoms with Gasteiger partial charge in [0.05, 0.1) is 6.10 Å². The van der Waals surface area contributed by atoms with Crippen molar-refractivity contribution in [1.29, 1.82) is 0 Å². The summed E-state index contributed by atoms with van der Waals surface area (Å²) in [4.78, 5) is 0. The topological polar surface area (TPSA) is 35.2 Å². The van der Waals surface area contributed by atoms with Crippen LogP contribution in [0.3, 0.4) is 0 Å². The molecule has 2 N–H and O–H groups in total. The van der Waals surface area contributed by atoms with Crippen LogP contribution in [0.5, 0.6) is 0 Å². The normalized spacial score (nSPS) is 11.7. The third-order valence-electron chi connectivity index (χ3n) is 1.12. The standard InChI is InChI=1S/C6H15NO.C2H6/c1-3-6(5-7)8-4-2;1-2/h6H,3-5,7H2,1-2H3;1-2H3. The van der Waals surface area contributed by atoms with Crippen LogP contribution in [0.15, 0.2) is 0 Å². The molecule has 0 aliphatic carbocycles. The molecule has 2 nitrogen and oxygen atoms in total. The predicted octanol–water partition coefficient (Wildman–Crippen LogP) is 1.79. The smallest absolute Gasteiger partial charge is 0.0694 e. The number of hydrogen-bond acceptors (Lipinski definition) is 2. The minimum atomic E-state index is 0.278. The van der Waals surface area contributed by atoms with Gasteiger partial charge in [-0.1, -0.05) is 20.8 Å². The molecule has 0 aromatic rings. The van der Waals surface area contributed by atoms with Gasteiger partial charge in [0.15, 0.2) is 0 Å². The Bertz CT molecular complexity index is 44.5. The van der Waals surface area contributed by atoms with Crippen LogP contribution in [-0.2, 0) is 4.74 Å². The Morgan fingerprint density at radius 3 is 1.90 bits per heavy atom. The van der Waals surface area contributed by atoms with E-state index in [1.807, 2.05) is 20.8 Å². The van der Waals surface area contributed by atoms with Gasteiger partial charge in [-0.25, -0.2) is 0 Å². The van der Waals surface area contributed by atoms with Crippen LogP contribution in [0.1, 0.15) is 34.1 Å². The summed E-state index contributed by atoms with van der Waals surface area (Å²) >= 11 is 0. The summed E-state index contributed by atoms with van der Waals surface area (Å²) < 4.78 is 5.22. The highest BCUT2D eigenvalue weighted by molar-refractivity contribution is 4.52. The van der Waals surface area contributed by atoms with Gasteiger partial charge in [0, 0.05) is 13.2 Å². The van der Waals surface area contributed by atoms with E-state index in [2.05, 4.69) is 6.92 Å². The van der Waals surface area contributed by atoms with E-state index in [1.54, 1.807) is 0 Å². The van der Waals surface area contributed by atoms with E-state index in [0.717, 1.165) is 13.0 Å². The summed E-state index contributed by atoms with van der Waals surface area (Å²) in [7, 11) is 0. The van der Waals surface area contributed by atoms with Crippen molar-refractivity contribution in [1.82, 2.24) is 0 Å². The van der Waals surface area contributed by atoms with Gasteiger partial charge in [-0.2, -0.15) is 0 Å². The fraction of sp³-hybridized carbons (Fsp3) is 1.00. The predicted molar refractivity (Wildman–Crippen MR) is 46.1 cm³/mol. The lowest BCUT2D eigenvalue weighted by Gasteiger charge is -2.10. The van der Waals surface area contributed by atoms with Gasteiger partial charge in [0.1, 0.15) is 0 Å². The second-order valence-electron chi connectivity index (χ2n) is 1.72. The molecule has 0 aromatic heterocycles. The Labute approximate surface area is 64.8 Å². The molecule has 0 aliphatic heterocycles. The fourth-order valence-electron chi connectivity index (χ4n) is 0.588. The summed E-state index contributed by atoms with van der Waals surface area (Å²) in [6.07, 6.45) is 1.30. The van der Waals surface area contributed by atoms with Crippen molar-refractivity contribution < 1.29 is 4.74 Å². The van der Waals surface area contributed by atoms with Crippen LogP contribution < -0.4 is 5.73 Å². The monoisotopic (exact) mass is 147 g/mol. The number of nitrogens with two attached hydrogens (primary N) is 1. The Balaban J connectivity index is 0. The van der Waals surface area contributed by atoms with Gasteiger partial charge in [0.2, 0.25) is 0 Å². The van der Waals surface area contributed by atoms with Gasteiger partial charge in [-0.05, 0) is 13.3 Å². The van der Waals surface area contributed by atoms with Crippen molar-refractivity contribution in [2.24, 2.45) is 5.73 Å². The third kappa shape index (κ3) is 7.92. The molecule has 2 heteroatoms. The maximum atomic E-state index is 5.34. The average molecular weight is 147 g/mol. The first-order valence-electron chi connectivity index (χ1n) is 4.16. The zero-order chi connectivity index (χ0) is 8.41. The quantitative estimate of drug-likeness (QED) is 0.658. The van der Waals surface area contributed by atoms with Crippen LogP contribution >= 0.6 is 0 Å². The molecule has 0 aliphatic rings. The minimum absolute atomic E-state index is 0.278. The van der Waals surface area contributed by atoms with E-state index >= 15 is 0 Å². The molecule has 0 spiro atoms. The maximum Gasteiger partial charge on any atom is 0.0694 e. The maximum absolute atomic E-state index is 5.34. The van der Waals surface area contributed by atoms with Gasteiger partial charge in [-0.15, -0.1) is 0 Å². The van der Waals surface area contributed by atoms with E-state index in [0.29, 0.717) is 6.54 Å². The number of hydrogen-bond donors (Lipinski definition) is 1. The van der Waals surface area contributed by atoms with E-state index in [-0.39, 0.29) is 6.10 Å².